The van der Waals surface area contributed by atoms with Gasteiger partial charge in [0.25, 0.3) is 0 Å². The zero-order valence-corrected chi connectivity index (χ0v) is 15.3. The average molecular weight is 330 g/mol. The molecule has 3 aromatic carbocycles. The van der Waals surface area contributed by atoms with Crippen LogP contribution in [0.1, 0.15) is 43.7 Å². The summed E-state index contributed by atoms with van der Waals surface area (Å²) in [6.45, 7) is 4.33. The van der Waals surface area contributed by atoms with Crippen molar-refractivity contribution in [1.82, 2.24) is 0 Å². The van der Waals surface area contributed by atoms with Crippen LogP contribution in [0.4, 0.5) is 0 Å². The molecular formula is C24H26O. The SMILES string of the molecule is COc1ccc([C@@H](CCC=C(C)C)c2ccc3ccccc3c2)cc1. The smallest absolute Gasteiger partial charge is 0.118 e. The average Bonchev–Trinajstić information content (AvgIpc) is 2.65. The predicted molar refractivity (Wildman–Crippen MR) is 107 cm³/mol. The highest BCUT2D eigenvalue weighted by Crippen LogP contribution is 2.32. The summed E-state index contributed by atoms with van der Waals surface area (Å²) in [6.07, 6.45) is 4.53. The van der Waals surface area contributed by atoms with Gasteiger partial charge in [-0.15, -0.1) is 0 Å². The van der Waals surface area contributed by atoms with Gasteiger partial charge >= 0.3 is 0 Å². The first-order valence-corrected chi connectivity index (χ1v) is 8.93. The Balaban J connectivity index is 1.96. The number of hydrogen-bond acceptors (Lipinski definition) is 1. The highest BCUT2D eigenvalue weighted by Gasteiger charge is 2.14. The Labute approximate surface area is 151 Å². The summed E-state index contributed by atoms with van der Waals surface area (Å²) in [7, 11) is 1.71. The van der Waals surface area contributed by atoms with Crippen LogP contribution in [-0.4, -0.2) is 7.11 Å². The molecule has 128 valence electrons. The number of allylic oxidation sites excluding steroid dienone is 2. The summed E-state index contributed by atoms with van der Waals surface area (Å²) in [5.41, 5.74) is 4.11. The van der Waals surface area contributed by atoms with Crippen LogP contribution in [0.2, 0.25) is 0 Å². The maximum atomic E-state index is 5.32. The lowest BCUT2D eigenvalue weighted by Gasteiger charge is -2.19. The van der Waals surface area contributed by atoms with Crippen LogP contribution in [0.5, 0.6) is 5.75 Å². The van der Waals surface area contributed by atoms with Crippen molar-refractivity contribution in [2.24, 2.45) is 0 Å². The van der Waals surface area contributed by atoms with Gasteiger partial charge in [-0.05, 0) is 60.7 Å². The van der Waals surface area contributed by atoms with Crippen molar-refractivity contribution in [3.05, 3.63) is 89.5 Å². The lowest BCUT2D eigenvalue weighted by molar-refractivity contribution is 0.414. The molecule has 25 heavy (non-hydrogen) atoms. The third kappa shape index (κ3) is 4.30. The number of hydrogen-bond donors (Lipinski definition) is 0. The van der Waals surface area contributed by atoms with Crippen LogP contribution >= 0.6 is 0 Å². The molecule has 1 nitrogen and oxygen atoms in total. The number of rotatable bonds is 6. The van der Waals surface area contributed by atoms with Gasteiger partial charge in [-0.3, -0.25) is 0 Å². The zero-order chi connectivity index (χ0) is 17.6. The summed E-state index contributed by atoms with van der Waals surface area (Å²) in [5, 5.41) is 2.60. The standard InChI is InChI=1S/C24H26O/c1-18(2)7-6-10-24(20-13-15-23(25-3)16-14-20)22-12-11-19-8-4-5-9-21(19)17-22/h4-5,7-9,11-17,24H,6,10H2,1-3H3/t24-/m1/s1. The van der Waals surface area contributed by atoms with Gasteiger partial charge in [0, 0.05) is 5.92 Å². The Hall–Kier alpha value is -2.54. The Morgan fingerprint density at radius 1 is 0.880 bits per heavy atom. The van der Waals surface area contributed by atoms with Crippen LogP contribution in [0.25, 0.3) is 10.8 Å². The molecule has 0 spiro atoms. The Kier molecular flexibility index (Phi) is 5.55. The first kappa shape index (κ1) is 17.3. The Bertz CT molecular complexity index is 855. The molecule has 0 bridgehead atoms. The van der Waals surface area contributed by atoms with Gasteiger partial charge in [0.2, 0.25) is 0 Å². The quantitative estimate of drug-likeness (QED) is 0.455. The Morgan fingerprint density at radius 3 is 2.24 bits per heavy atom. The number of benzene rings is 3. The van der Waals surface area contributed by atoms with E-state index in [9.17, 15) is 0 Å². The largest absolute Gasteiger partial charge is 0.497 e. The molecule has 0 aromatic heterocycles. The van der Waals surface area contributed by atoms with Gasteiger partial charge in [-0.25, -0.2) is 0 Å². The van der Waals surface area contributed by atoms with E-state index in [1.165, 1.54) is 27.5 Å². The molecule has 1 atom stereocenters. The normalized spacial score (nSPS) is 12.0. The molecule has 0 N–H and O–H groups in total. The second-order valence-corrected chi connectivity index (χ2v) is 6.79. The number of fused-ring (bicyclic) bond motifs is 1. The van der Waals surface area contributed by atoms with Crippen molar-refractivity contribution in [3.8, 4) is 5.75 Å². The number of methoxy groups -OCH3 is 1. The minimum absolute atomic E-state index is 0.395. The molecule has 0 amide bonds. The zero-order valence-electron chi connectivity index (χ0n) is 15.3. The van der Waals surface area contributed by atoms with E-state index in [0.717, 1.165) is 18.6 Å². The molecule has 0 saturated heterocycles. The van der Waals surface area contributed by atoms with Crippen molar-refractivity contribution >= 4 is 10.8 Å². The van der Waals surface area contributed by atoms with Gasteiger partial charge in [-0.2, -0.15) is 0 Å². The van der Waals surface area contributed by atoms with E-state index in [2.05, 4.69) is 86.7 Å². The highest BCUT2D eigenvalue weighted by atomic mass is 16.5. The van der Waals surface area contributed by atoms with Crippen molar-refractivity contribution in [2.75, 3.05) is 7.11 Å². The number of ether oxygens (including phenoxy) is 1. The van der Waals surface area contributed by atoms with Crippen LogP contribution in [0.3, 0.4) is 0 Å². The first-order chi connectivity index (χ1) is 12.2. The van der Waals surface area contributed by atoms with Gasteiger partial charge in [0.1, 0.15) is 5.75 Å². The minimum Gasteiger partial charge on any atom is -0.497 e. The van der Waals surface area contributed by atoms with Crippen molar-refractivity contribution in [2.45, 2.75) is 32.6 Å². The fraction of sp³-hybridized carbons (Fsp3) is 0.250. The minimum atomic E-state index is 0.395. The van der Waals surface area contributed by atoms with E-state index in [0.29, 0.717) is 5.92 Å². The second-order valence-electron chi connectivity index (χ2n) is 6.79. The van der Waals surface area contributed by atoms with E-state index in [4.69, 9.17) is 4.74 Å². The first-order valence-electron chi connectivity index (χ1n) is 8.93. The molecule has 0 unspecified atom stereocenters. The molecule has 3 rings (SSSR count). The van der Waals surface area contributed by atoms with Crippen molar-refractivity contribution in [3.63, 3.8) is 0 Å². The van der Waals surface area contributed by atoms with Gasteiger partial charge < -0.3 is 4.74 Å². The predicted octanol–water partition coefficient (Wildman–Crippen LogP) is 6.73. The van der Waals surface area contributed by atoms with Gasteiger partial charge in [0.05, 0.1) is 7.11 Å². The summed E-state index contributed by atoms with van der Waals surface area (Å²) in [4.78, 5) is 0. The summed E-state index contributed by atoms with van der Waals surface area (Å²) in [5.74, 6) is 1.30. The fourth-order valence-electron chi connectivity index (χ4n) is 3.33. The van der Waals surface area contributed by atoms with Crippen LogP contribution < -0.4 is 4.74 Å². The third-order valence-corrected chi connectivity index (χ3v) is 4.70. The monoisotopic (exact) mass is 330 g/mol. The second kappa shape index (κ2) is 8.02. The van der Waals surface area contributed by atoms with Gasteiger partial charge in [0.15, 0.2) is 0 Å². The molecule has 1 heteroatoms. The fourth-order valence-corrected chi connectivity index (χ4v) is 3.33. The summed E-state index contributed by atoms with van der Waals surface area (Å²) >= 11 is 0. The topological polar surface area (TPSA) is 9.23 Å². The third-order valence-electron chi connectivity index (χ3n) is 4.70. The molecule has 0 fully saturated rings. The molecule has 0 saturated carbocycles. The van der Waals surface area contributed by atoms with E-state index < -0.39 is 0 Å². The Morgan fingerprint density at radius 2 is 1.56 bits per heavy atom. The maximum Gasteiger partial charge on any atom is 0.118 e. The highest BCUT2D eigenvalue weighted by molar-refractivity contribution is 5.83. The maximum absolute atomic E-state index is 5.32. The molecular weight excluding hydrogens is 304 g/mol. The van der Waals surface area contributed by atoms with Crippen LogP contribution in [-0.2, 0) is 0 Å². The molecule has 0 aliphatic heterocycles. The van der Waals surface area contributed by atoms with E-state index >= 15 is 0 Å². The summed E-state index contributed by atoms with van der Waals surface area (Å²) < 4.78 is 5.32. The van der Waals surface area contributed by atoms with E-state index in [1.807, 2.05) is 0 Å². The van der Waals surface area contributed by atoms with Crippen molar-refractivity contribution in [1.29, 1.82) is 0 Å². The van der Waals surface area contributed by atoms with E-state index in [1.54, 1.807) is 7.11 Å². The lowest BCUT2D eigenvalue weighted by Crippen LogP contribution is -2.01. The lowest BCUT2D eigenvalue weighted by atomic mass is 9.86. The van der Waals surface area contributed by atoms with E-state index in [-0.39, 0.29) is 0 Å². The van der Waals surface area contributed by atoms with Crippen LogP contribution in [0.15, 0.2) is 78.4 Å². The molecule has 0 aliphatic rings. The molecule has 3 aromatic rings. The van der Waals surface area contributed by atoms with Crippen LogP contribution in [0, 0.1) is 0 Å². The van der Waals surface area contributed by atoms with Crippen molar-refractivity contribution < 1.29 is 4.74 Å². The molecule has 0 aliphatic carbocycles. The molecule has 0 heterocycles. The molecule has 0 radical (unpaired) electrons. The summed E-state index contributed by atoms with van der Waals surface area (Å²) in [6, 6.07) is 23.9. The van der Waals surface area contributed by atoms with Gasteiger partial charge in [-0.1, -0.05) is 66.2 Å².